The molecule has 0 N–H and O–H groups in total. The third kappa shape index (κ3) is 2.23. The van der Waals surface area contributed by atoms with E-state index >= 15 is 0 Å². The van der Waals surface area contributed by atoms with Crippen LogP contribution >= 0.6 is 0 Å². The van der Waals surface area contributed by atoms with Crippen molar-refractivity contribution in [2.45, 2.75) is 71.8 Å². The third-order valence-electron chi connectivity index (χ3n) is 8.22. The van der Waals surface area contributed by atoms with Gasteiger partial charge in [0.1, 0.15) is 6.10 Å². The number of ketones is 1. The molecule has 4 aliphatic rings. The highest BCUT2D eigenvalue weighted by molar-refractivity contribution is 5.97. The van der Waals surface area contributed by atoms with Gasteiger partial charge in [-0.05, 0) is 80.1 Å². The summed E-state index contributed by atoms with van der Waals surface area (Å²) in [6.07, 6.45) is 12.1. The second kappa shape index (κ2) is 5.44. The zero-order chi connectivity index (χ0) is 17.1. The number of esters is 1. The molecule has 7 atom stereocenters. The summed E-state index contributed by atoms with van der Waals surface area (Å²) in [6.45, 7) is 6.21. The molecule has 4 aliphatic carbocycles. The summed E-state index contributed by atoms with van der Waals surface area (Å²) < 4.78 is 5.53. The van der Waals surface area contributed by atoms with E-state index in [2.05, 4.69) is 19.9 Å². The Kier molecular flexibility index (Phi) is 3.71. The molecule has 4 rings (SSSR count). The topological polar surface area (TPSA) is 43.4 Å². The fraction of sp³-hybridized carbons (Fsp3) is 0.810. The van der Waals surface area contributed by atoms with Crippen molar-refractivity contribution in [1.82, 2.24) is 0 Å². The van der Waals surface area contributed by atoms with Crippen molar-refractivity contribution in [3.05, 3.63) is 12.2 Å². The Morgan fingerprint density at radius 2 is 1.96 bits per heavy atom. The van der Waals surface area contributed by atoms with E-state index in [1.54, 1.807) is 0 Å². The van der Waals surface area contributed by atoms with Crippen LogP contribution in [0.15, 0.2) is 12.2 Å². The van der Waals surface area contributed by atoms with Crippen LogP contribution in [0.2, 0.25) is 0 Å². The molecule has 0 aromatic rings. The highest BCUT2D eigenvalue weighted by Crippen LogP contribution is 2.64. The van der Waals surface area contributed by atoms with Crippen molar-refractivity contribution < 1.29 is 14.3 Å². The molecule has 0 bridgehead atoms. The van der Waals surface area contributed by atoms with E-state index in [1.807, 2.05) is 6.08 Å². The first-order chi connectivity index (χ1) is 11.3. The quantitative estimate of drug-likeness (QED) is 0.673. The van der Waals surface area contributed by atoms with Crippen LogP contribution < -0.4 is 0 Å². The average Bonchev–Trinajstić information content (AvgIpc) is 2.83. The van der Waals surface area contributed by atoms with Gasteiger partial charge in [0.15, 0.2) is 5.78 Å². The van der Waals surface area contributed by atoms with Crippen molar-refractivity contribution in [3.63, 3.8) is 0 Å². The Morgan fingerprint density at radius 1 is 1.17 bits per heavy atom. The molecule has 3 unspecified atom stereocenters. The highest BCUT2D eigenvalue weighted by atomic mass is 16.5. The maximum atomic E-state index is 12.4. The van der Waals surface area contributed by atoms with Crippen LogP contribution in [0.5, 0.6) is 0 Å². The standard InChI is InChI=1S/C21H30O3/c1-13(22)24-15-8-10-20(2)14(12-15)4-5-16-17-6-7-19(23)21(17,3)11-9-18(16)20/h6-7,14-18H,4-5,8-12H2,1-3H3/t14?,15-,16-,17?,18?,20-,21-/m0/s1. The maximum absolute atomic E-state index is 12.4. The van der Waals surface area contributed by atoms with E-state index < -0.39 is 0 Å². The van der Waals surface area contributed by atoms with Gasteiger partial charge in [-0.3, -0.25) is 9.59 Å². The zero-order valence-corrected chi connectivity index (χ0v) is 15.2. The molecule has 0 aliphatic heterocycles. The van der Waals surface area contributed by atoms with Crippen LogP contribution in [0.4, 0.5) is 0 Å². The molecule has 3 nitrogen and oxygen atoms in total. The summed E-state index contributed by atoms with van der Waals surface area (Å²) in [5.74, 6) is 2.73. The minimum atomic E-state index is -0.139. The molecule has 0 aromatic carbocycles. The molecule has 0 amide bonds. The fourth-order valence-corrected chi connectivity index (χ4v) is 6.83. The first-order valence-corrected chi connectivity index (χ1v) is 9.74. The second-order valence-electron chi connectivity index (χ2n) is 9.26. The number of allylic oxidation sites excluding steroid dienone is 2. The molecular weight excluding hydrogens is 300 g/mol. The van der Waals surface area contributed by atoms with Gasteiger partial charge in [-0.2, -0.15) is 0 Å². The highest BCUT2D eigenvalue weighted by Gasteiger charge is 2.59. The van der Waals surface area contributed by atoms with Crippen LogP contribution in [0.3, 0.4) is 0 Å². The van der Waals surface area contributed by atoms with E-state index in [4.69, 9.17) is 4.74 Å². The lowest BCUT2D eigenvalue weighted by atomic mass is 9.45. The van der Waals surface area contributed by atoms with E-state index in [0.29, 0.717) is 29.0 Å². The number of hydrogen-bond acceptors (Lipinski definition) is 3. The summed E-state index contributed by atoms with van der Waals surface area (Å²) >= 11 is 0. The van der Waals surface area contributed by atoms with E-state index in [0.717, 1.165) is 31.6 Å². The number of fused-ring (bicyclic) bond motifs is 5. The van der Waals surface area contributed by atoms with Gasteiger partial charge in [0.25, 0.3) is 0 Å². The van der Waals surface area contributed by atoms with Crippen LogP contribution in [0.1, 0.15) is 65.7 Å². The number of carbonyl (C=O) groups is 2. The number of carbonyl (C=O) groups excluding carboxylic acids is 2. The molecule has 132 valence electrons. The molecular formula is C21H30O3. The minimum Gasteiger partial charge on any atom is -0.463 e. The number of rotatable bonds is 1. The van der Waals surface area contributed by atoms with Gasteiger partial charge in [-0.25, -0.2) is 0 Å². The van der Waals surface area contributed by atoms with Gasteiger partial charge in [-0.1, -0.05) is 19.9 Å². The summed E-state index contributed by atoms with van der Waals surface area (Å²) in [4.78, 5) is 23.7. The van der Waals surface area contributed by atoms with Crippen LogP contribution in [0, 0.1) is 34.5 Å². The van der Waals surface area contributed by atoms with Crippen molar-refractivity contribution >= 4 is 11.8 Å². The third-order valence-corrected chi connectivity index (χ3v) is 8.22. The largest absolute Gasteiger partial charge is 0.463 e. The van der Waals surface area contributed by atoms with Gasteiger partial charge in [-0.15, -0.1) is 0 Å². The predicted molar refractivity (Wildman–Crippen MR) is 92.2 cm³/mol. The minimum absolute atomic E-state index is 0.124. The van der Waals surface area contributed by atoms with Gasteiger partial charge in [0.05, 0.1) is 0 Å². The molecule has 3 fully saturated rings. The Morgan fingerprint density at radius 3 is 2.71 bits per heavy atom. The van der Waals surface area contributed by atoms with E-state index in [9.17, 15) is 9.59 Å². The maximum Gasteiger partial charge on any atom is 0.302 e. The van der Waals surface area contributed by atoms with Crippen molar-refractivity contribution in [3.8, 4) is 0 Å². The van der Waals surface area contributed by atoms with E-state index in [1.165, 1.54) is 26.2 Å². The lowest BCUT2D eigenvalue weighted by molar-refractivity contribution is -0.159. The molecule has 0 spiro atoms. The summed E-state index contributed by atoms with van der Waals surface area (Å²) in [5, 5.41) is 0. The second-order valence-corrected chi connectivity index (χ2v) is 9.26. The van der Waals surface area contributed by atoms with Crippen molar-refractivity contribution in [2.24, 2.45) is 34.5 Å². The van der Waals surface area contributed by atoms with E-state index in [-0.39, 0.29) is 17.5 Å². The molecule has 24 heavy (non-hydrogen) atoms. The van der Waals surface area contributed by atoms with Gasteiger partial charge in [0, 0.05) is 12.3 Å². The van der Waals surface area contributed by atoms with Crippen LogP contribution in [-0.2, 0) is 14.3 Å². The molecule has 3 saturated carbocycles. The molecule has 0 radical (unpaired) electrons. The number of ether oxygens (including phenoxy) is 1. The smallest absolute Gasteiger partial charge is 0.302 e. The van der Waals surface area contributed by atoms with Crippen molar-refractivity contribution in [2.75, 3.05) is 0 Å². The number of hydrogen-bond donors (Lipinski definition) is 0. The summed E-state index contributed by atoms with van der Waals surface area (Å²) in [7, 11) is 0. The monoisotopic (exact) mass is 330 g/mol. The Hall–Kier alpha value is -1.12. The molecule has 0 aromatic heterocycles. The molecule has 3 heteroatoms. The summed E-state index contributed by atoms with van der Waals surface area (Å²) in [6, 6.07) is 0. The Balaban J connectivity index is 1.55. The summed E-state index contributed by atoms with van der Waals surface area (Å²) in [5.41, 5.74) is 0.236. The average molecular weight is 330 g/mol. The Labute approximate surface area is 145 Å². The fourth-order valence-electron chi connectivity index (χ4n) is 6.83. The SMILES string of the molecule is CC(=O)O[C@H]1CC[C@@]2(C)C(CC[C@@H]3C2CC[C@]2(C)C(=O)C=CC32)C1. The first kappa shape index (κ1) is 16.4. The molecule has 0 heterocycles. The normalized spacial score (nSPS) is 50.0. The van der Waals surface area contributed by atoms with Gasteiger partial charge in [0.2, 0.25) is 0 Å². The predicted octanol–water partition coefficient (Wildman–Crippen LogP) is 4.31. The van der Waals surface area contributed by atoms with Crippen LogP contribution in [0.25, 0.3) is 0 Å². The molecule has 0 saturated heterocycles. The zero-order valence-electron chi connectivity index (χ0n) is 15.2. The van der Waals surface area contributed by atoms with Gasteiger partial charge >= 0.3 is 5.97 Å². The first-order valence-electron chi connectivity index (χ1n) is 9.74. The lowest BCUT2D eigenvalue weighted by Crippen LogP contribution is -2.54. The van der Waals surface area contributed by atoms with Crippen molar-refractivity contribution in [1.29, 1.82) is 0 Å². The van der Waals surface area contributed by atoms with Crippen LogP contribution in [-0.4, -0.2) is 17.9 Å². The lowest BCUT2D eigenvalue weighted by Gasteiger charge is -2.60. The Bertz CT molecular complexity index is 594. The van der Waals surface area contributed by atoms with Gasteiger partial charge < -0.3 is 4.74 Å².